The first-order chi connectivity index (χ1) is 6.16. The van der Waals surface area contributed by atoms with E-state index in [9.17, 15) is 16.8 Å². The van der Waals surface area contributed by atoms with Crippen molar-refractivity contribution in [3.63, 3.8) is 0 Å². The van der Waals surface area contributed by atoms with Gasteiger partial charge in [0.2, 0.25) is 0 Å². The van der Waals surface area contributed by atoms with E-state index in [1.54, 1.807) is 0 Å². The van der Waals surface area contributed by atoms with Gasteiger partial charge in [-0.05, 0) is 0 Å². The van der Waals surface area contributed by atoms with Crippen molar-refractivity contribution in [3.05, 3.63) is 0 Å². The van der Waals surface area contributed by atoms with Gasteiger partial charge in [-0.1, -0.05) is 0 Å². The molecule has 0 saturated carbocycles. The van der Waals surface area contributed by atoms with Crippen LogP contribution in [0.5, 0.6) is 0 Å². The first-order valence-electron chi connectivity index (χ1n) is 3.10. The topological polar surface area (TPSA) is 153 Å². The standard InChI is InChI=1S/C3H9NO8S2/c4-3(1-5)2-11-14(9,10)12-13(6,7)8/h3,5H,1-2,4H2,(H,6,7,8)/t3-/m0/s1. The van der Waals surface area contributed by atoms with Crippen LogP contribution in [-0.2, 0) is 28.6 Å². The molecule has 0 unspecified atom stereocenters. The normalized spacial score (nSPS) is 15.4. The van der Waals surface area contributed by atoms with Crippen LogP contribution in [0.4, 0.5) is 0 Å². The summed E-state index contributed by atoms with van der Waals surface area (Å²) in [5, 5.41) is 8.36. The van der Waals surface area contributed by atoms with Crippen molar-refractivity contribution >= 4 is 20.8 Å². The molecule has 11 heteroatoms. The minimum atomic E-state index is -5.15. The Bertz CT molecular complexity index is 356. The van der Waals surface area contributed by atoms with Crippen molar-refractivity contribution in [2.45, 2.75) is 6.04 Å². The van der Waals surface area contributed by atoms with Crippen LogP contribution in [0.25, 0.3) is 0 Å². The summed E-state index contributed by atoms with van der Waals surface area (Å²) in [4.78, 5) is 0. The minimum absolute atomic E-state index is 0.554. The highest BCUT2D eigenvalue weighted by Gasteiger charge is 2.22. The minimum Gasteiger partial charge on any atom is -0.395 e. The molecule has 0 heterocycles. The summed E-state index contributed by atoms with van der Waals surface area (Å²) >= 11 is 0. The molecular formula is C3H9NO8S2. The lowest BCUT2D eigenvalue weighted by atomic mass is 10.4. The fourth-order valence-corrected chi connectivity index (χ4v) is 1.69. The number of nitrogens with two attached hydrogens (primary N) is 1. The van der Waals surface area contributed by atoms with Crippen molar-refractivity contribution < 1.29 is 34.3 Å². The van der Waals surface area contributed by atoms with E-state index in [2.05, 4.69) is 7.81 Å². The first-order valence-corrected chi connectivity index (χ1v) is 5.80. The summed E-state index contributed by atoms with van der Waals surface area (Å²) in [5.74, 6) is 0. The Morgan fingerprint density at radius 2 is 1.79 bits per heavy atom. The maximum atomic E-state index is 10.5. The predicted molar refractivity (Wildman–Crippen MR) is 42.6 cm³/mol. The third kappa shape index (κ3) is 7.14. The van der Waals surface area contributed by atoms with E-state index in [4.69, 9.17) is 15.4 Å². The van der Waals surface area contributed by atoms with Gasteiger partial charge < -0.3 is 10.8 Å². The molecule has 0 aliphatic carbocycles. The highest BCUT2D eigenvalue weighted by molar-refractivity contribution is 7.94. The number of aliphatic hydroxyl groups excluding tert-OH is 1. The number of hydrogen-bond acceptors (Lipinski definition) is 8. The van der Waals surface area contributed by atoms with Gasteiger partial charge in [0.15, 0.2) is 0 Å². The van der Waals surface area contributed by atoms with Crippen molar-refractivity contribution in [2.24, 2.45) is 5.73 Å². The molecule has 0 saturated heterocycles. The molecule has 14 heavy (non-hydrogen) atoms. The molecular weight excluding hydrogens is 242 g/mol. The van der Waals surface area contributed by atoms with Gasteiger partial charge in [0.05, 0.1) is 19.3 Å². The Morgan fingerprint density at radius 3 is 2.14 bits per heavy atom. The number of rotatable bonds is 6. The molecule has 0 aromatic heterocycles. The van der Waals surface area contributed by atoms with E-state index in [1.165, 1.54) is 0 Å². The average Bonchev–Trinajstić information content (AvgIpc) is 1.96. The van der Waals surface area contributed by atoms with Crippen LogP contribution in [0.1, 0.15) is 0 Å². The third-order valence-electron chi connectivity index (χ3n) is 0.830. The van der Waals surface area contributed by atoms with Crippen molar-refractivity contribution in [1.82, 2.24) is 0 Å². The van der Waals surface area contributed by atoms with E-state index in [-0.39, 0.29) is 0 Å². The Morgan fingerprint density at radius 1 is 1.29 bits per heavy atom. The molecule has 86 valence electrons. The van der Waals surface area contributed by atoms with Gasteiger partial charge in [0.1, 0.15) is 0 Å². The molecule has 0 bridgehead atoms. The van der Waals surface area contributed by atoms with E-state index < -0.39 is 40.1 Å². The SMILES string of the molecule is N[C@@H](CO)COS(=O)(=O)OS(=O)(=O)O. The molecule has 0 radical (unpaired) electrons. The van der Waals surface area contributed by atoms with Crippen molar-refractivity contribution in [3.8, 4) is 0 Å². The van der Waals surface area contributed by atoms with Crippen LogP contribution in [0.15, 0.2) is 0 Å². The molecule has 1 atom stereocenters. The maximum absolute atomic E-state index is 10.5. The van der Waals surface area contributed by atoms with Gasteiger partial charge in [-0.15, -0.1) is 3.63 Å². The van der Waals surface area contributed by atoms with Crippen LogP contribution in [0.2, 0.25) is 0 Å². The molecule has 0 aromatic carbocycles. The lowest BCUT2D eigenvalue weighted by molar-refractivity contribution is 0.196. The van der Waals surface area contributed by atoms with Crippen LogP contribution in [0.3, 0.4) is 0 Å². The molecule has 0 amide bonds. The lowest BCUT2D eigenvalue weighted by Crippen LogP contribution is -2.32. The average molecular weight is 251 g/mol. The molecule has 4 N–H and O–H groups in total. The molecule has 0 rings (SSSR count). The summed E-state index contributed by atoms with van der Waals surface area (Å²) in [7, 11) is -10.0. The summed E-state index contributed by atoms with van der Waals surface area (Å²) in [6.07, 6.45) is 0. The number of hydrogen-bond donors (Lipinski definition) is 3. The van der Waals surface area contributed by atoms with Crippen molar-refractivity contribution in [2.75, 3.05) is 13.2 Å². The van der Waals surface area contributed by atoms with Gasteiger partial charge in [0, 0.05) is 0 Å². The monoisotopic (exact) mass is 251 g/mol. The zero-order valence-electron chi connectivity index (χ0n) is 6.73. The van der Waals surface area contributed by atoms with Crippen LogP contribution < -0.4 is 5.73 Å². The Hall–Kier alpha value is -0.300. The van der Waals surface area contributed by atoms with Crippen molar-refractivity contribution in [1.29, 1.82) is 0 Å². The van der Waals surface area contributed by atoms with E-state index in [0.29, 0.717) is 0 Å². The molecule has 0 aromatic rings. The first kappa shape index (κ1) is 13.7. The molecule has 9 nitrogen and oxygen atoms in total. The van der Waals surface area contributed by atoms with E-state index >= 15 is 0 Å². The highest BCUT2D eigenvalue weighted by atomic mass is 32.3. The fourth-order valence-electron chi connectivity index (χ4n) is 0.348. The van der Waals surface area contributed by atoms with Crippen LogP contribution in [-0.4, -0.2) is 45.8 Å². The Balaban J connectivity index is 4.24. The van der Waals surface area contributed by atoms with Gasteiger partial charge in [-0.2, -0.15) is 16.8 Å². The van der Waals surface area contributed by atoms with E-state index in [1.807, 2.05) is 0 Å². The van der Waals surface area contributed by atoms with Gasteiger partial charge in [0.25, 0.3) is 0 Å². The van der Waals surface area contributed by atoms with Crippen LogP contribution >= 0.6 is 0 Å². The second kappa shape index (κ2) is 4.97. The zero-order chi connectivity index (χ0) is 11.4. The van der Waals surface area contributed by atoms with Gasteiger partial charge >= 0.3 is 20.8 Å². The summed E-state index contributed by atoms with van der Waals surface area (Å²) < 4.78 is 56.0. The number of aliphatic hydroxyl groups is 1. The third-order valence-corrected chi connectivity index (χ3v) is 2.61. The van der Waals surface area contributed by atoms with Gasteiger partial charge in [-0.25, -0.2) is 4.18 Å². The Kier molecular flexibility index (Phi) is 4.87. The zero-order valence-corrected chi connectivity index (χ0v) is 8.36. The van der Waals surface area contributed by atoms with Crippen LogP contribution in [0, 0.1) is 0 Å². The van der Waals surface area contributed by atoms with Gasteiger partial charge in [-0.3, -0.25) is 4.55 Å². The second-order valence-corrected chi connectivity index (χ2v) is 4.58. The molecule has 0 fully saturated rings. The summed E-state index contributed by atoms with van der Waals surface area (Å²) in [5.41, 5.74) is 5.04. The summed E-state index contributed by atoms with van der Waals surface area (Å²) in [6, 6.07) is -1.00. The lowest BCUT2D eigenvalue weighted by Gasteiger charge is -2.07. The second-order valence-electron chi connectivity index (χ2n) is 2.13. The smallest absolute Gasteiger partial charge is 0.395 e. The molecule has 0 aliphatic rings. The fraction of sp³-hybridized carbons (Fsp3) is 1.00. The highest BCUT2D eigenvalue weighted by Crippen LogP contribution is 2.01. The quantitative estimate of drug-likeness (QED) is 0.430. The van der Waals surface area contributed by atoms with E-state index in [0.717, 1.165) is 0 Å². The molecule has 0 aliphatic heterocycles. The predicted octanol–water partition coefficient (Wildman–Crippen LogP) is -2.61. The summed E-state index contributed by atoms with van der Waals surface area (Å²) in [6.45, 7) is -1.23. The Labute approximate surface area is 80.7 Å². The maximum Gasteiger partial charge on any atom is 0.416 e. The molecule has 0 spiro atoms. The largest absolute Gasteiger partial charge is 0.416 e.